The molecule has 21 nitrogen and oxygen atoms in total. The summed E-state index contributed by atoms with van der Waals surface area (Å²) in [6, 6.07) is 0. The van der Waals surface area contributed by atoms with Crippen LogP contribution in [0.3, 0.4) is 0 Å². The van der Waals surface area contributed by atoms with Crippen LogP contribution in [0.2, 0.25) is 0 Å². The lowest BCUT2D eigenvalue weighted by Crippen LogP contribution is -2.45. The molecule has 2 aliphatic rings. The Kier molecular flexibility index (Phi) is 8.35. The number of aliphatic hydroxyl groups excluding tert-OH is 1. The quantitative estimate of drug-likeness (QED) is 0.113. The third-order valence-corrected chi connectivity index (χ3v) is 8.05. The number of nitrogens with one attached hydrogen (secondary N) is 2. The Hall–Kier alpha value is -3.07. The highest BCUT2D eigenvalue weighted by Crippen LogP contribution is 2.49. The van der Waals surface area contributed by atoms with Gasteiger partial charge in [-0.25, -0.2) is 18.9 Å². The average Bonchev–Trinajstić information content (AvgIpc) is 3.59. The molecule has 2 fully saturated rings. The Bertz CT molecular complexity index is 1790. The molecule has 236 valence electrons. The molecule has 0 saturated carbocycles. The predicted octanol–water partition coefficient (Wildman–Crippen LogP) is -2.30. The van der Waals surface area contributed by atoms with E-state index in [-0.39, 0.29) is 35.5 Å². The summed E-state index contributed by atoms with van der Waals surface area (Å²) in [5, 5.41) is 10.9. The Morgan fingerprint density at radius 3 is 2.44 bits per heavy atom. The number of nitrogens with zero attached hydrogens (tertiary/aromatic N) is 4. The molecule has 7 atom stereocenters. The first-order valence-corrected chi connectivity index (χ1v) is 15.5. The van der Waals surface area contributed by atoms with Crippen molar-refractivity contribution in [3.05, 3.63) is 49.3 Å². The Morgan fingerprint density at radius 2 is 1.77 bits per heavy atom. The predicted molar refractivity (Wildman–Crippen MR) is 140 cm³/mol. The van der Waals surface area contributed by atoms with Crippen LogP contribution < -0.4 is 22.5 Å². The molecule has 0 aromatic carbocycles. The summed E-state index contributed by atoms with van der Waals surface area (Å²) in [4.78, 5) is 87.1. The number of phosphoric acid groups is 2. The van der Waals surface area contributed by atoms with Crippen molar-refractivity contribution in [3.8, 4) is 0 Å². The number of hydrogen-bond acceptors (Lipinski definition) is 13. The molecule has 0 aliphatic carbocycles. The molecule has 3 aromatic heterocycles. The number of H-pyrrole nitrogens is 2. The molecular formula is C20H27N7O14P2. The van der Waals surface area contributed by atoms with Gasteiger partial charge < -0.3 is 39.9 Å². The van der Waals surface area contributed by atoms with Crippen molar-refractivity contribution in [1.82, 2.24) is 29.1 Å². The van der Waals surface area contributed by atoms with Crippen LogP contribution in [0.15, 0.2) is 26.9 Å². The van der Waals surface area contributed by atoms with E-state index < -0.39 is 81.9 Å². The van der Waals surface area contributed by atoms with E-state index in [4.69, 9.17) is 19.7 Å². The molecule has 2 aliphatic heterocycles. The van der Waals surface area contributed by atoms with Gasteiger partial charge in [-0.3, -0.25) is 37.7 Å². The zero-order valence-corrected chi connectivity index (χ0v) is 23.8. The van der Waals surface area contributed by atoms with Gasteiger partial charge in [-0.1, -0.05) is 0 Å². The number of nitrogens with two attached hydrogens (primary N) is 1. The van der Waals surface area contributed by atoms with Gasteiger partial charge in [-0.2, -0.15) is 4.98 Å². The number of aromatic amines is 2. The summed E-state index contributed by atoms with van der Waals surface area (Å²) in [5.74, 6) is -1.45. The smallest absolute Gasteiger partial charge is 0.390 e. The summed E-state index contributed by atoms with van der Waals surface area (Å²) < 4.78 is 47.4. The minimum absolute atomic E-state index is 0.0287. The maximum atomic E-state index is 12.4. The Morgan fingerprint density at radius 1 is 1.07 bits per heavy atom. The lowest BCUT2D eigenvalue weighted by molar-refractivity contribution is -0.111. The lowest BCUT2D eigenvalue weighted by atomic mass is 9.89. The molecule has 5 rings (SSSR count). The second-order valence-electron chi connectivity index (χ2n) is 9.99. The summed E-state index contributed by atoms with van der Waals surface area (Å²) in [7, 11) is -10.4. The Balaban J connectivity index is 1.52. The Labute approximate surface area is 238 Å². The first kappa shape index (κ1) is 31.4. The second kappa shape index (κ2) is 11.5. The van der Waals surface area contributed by atoms with Gasteiger partial charge in [0.2, 0.25) is 5.95 Å². The minimum atomic E-state index is -5.33. The summed E-state index contributed by atoms with van der Waals surface area (Å²) in [6.07, 6.45) is -6.51. The van der Waals surface area contributed by atoms with E-state index in [0.29, 0.717) is 0 Å². The van der Waals surface area contributed by atoms with Gasteiger partial charge in [0, 0.05) is 30.5 Å². The van der Waals surface area contributed by atoms with Gasteiger partial charge >= 0.3 is 21.3 Å². The fraction of sp³-hybridized carbons (Fsp3) is 0.550. The van der Waals surface area contributed by atoms with Crippen molar-refractivity contribution in [2.75, 3.05) is 12.3 Å². The third-order valence-electron chi connectivity index (χ3n) is 7.05. The molecule has 5 heterocycles. The van der Waals surface area contributed by atoms with E-state index in [1.54, 1.807) is 0 Å². The number of aliphatic hydroxyl groups is 1. The molecule has 43 heavy (non-hydrogen) atoms. The zero-order valence-electron chi connectivity index (χ0n) is 22.0. The highest BCUT2D eigenvalue weighted by molar-refractivity contribution is 7.46. The highest BCUT2D eigenvalue weighted by atomic mass is 31.2. The van der Waals surface area contributed by atoms with Gasteiger partial charge in [0.25, 0.3) is 11.1 Å². The number of aromatic nitrogens is 6. The van der Waals surface area contributed by atoms with E-state index in [1.165, 1.54) is 24.0 Å². The number of ether oxygens (including phenoxy) is 2. The van der Waals surface area contributed by atoms with Crippen molar-refractivity contribution < 1.29 is 52.3 Å². The van der Waals surface area contributed by atoms with Gasteiger partial charge in [0.05, 0.1) is 25.1 Å². The first-order chi connectivity index (χ1) is 20.0. The van der Waals surface area contributed by atoms with E-state index in [2.05, 4.69) is 24.5 Å². The summed E-state index contributed by atoms with van der Waals surface area (Å²) >= 11 is 0. The third kappa shape index (κ3) is 6.71. The van der Waals surface area contributed by atoms with Gasteiger partial charge in [0.15, 0.2) is 11.2 Å². The molecular weight excluding hydrogens is 624 g/mol. The van der Waals surface area contributed by atoms with Crippen molar-refractivity contribution in [1.29, 1.82) is 0 Å². The van der Waals surface area contributed by atoms with E-state index in [0.717, 1.165) is 4.57 Å². The van der Waals surface area contributed by atoms with Crippen LogP contribution in [-0.4, -0.2) is 84.8 Å². The molecule has 2 saturated heterocycles. The van der Waals surface area contributed by atoms with E-state index >= 15 is 0 Å². The number of imidazole rings is 1. The van der Waals surface area contributed by atoms with Gasteiger partial charge in [-0.15, -0.1) is 0 Å². The number of fused-ring (bicyclic) bond motifs is 1. The fourth-order valence-corrected chi connectivity index (χ4v) is 6.17. The molecule has 23 heteroatoms. The minimum Gasteiger partial charge on any atom is -0.390 e. The second-order valence-corrected chi connectivity index (χ2v) is 12.4. The van der Waals surface area contributed by atoms with Crippen LogP contribution in [0.1, 0.15) is 30.9 Å². The van der Waals surface area contributed by atoms with Crippen molar-refractivity contribution in [2.45, 2.75) is 56.6 Å². The number of rotatable bonds is 9. The largest absolute Gasteiger partial charge is 0.469 e. The monoisotopic (exact) mass is 651 g/mol. The summed E-state index contributed by atoms with van der Waals surface area (Å²) in [6.45, 7) is 0.620. The maximum Gasteiger partial charge on any atom is 0.469 e. The zero-order chi connectivity index (χ0) is 31.4. The number of phosphoric ester groups is 2. The van der Waals surface area contributed by atoms with Crippen molar-refractivity contribution in [2.24, 2.45) is 5.92 Å². The standard InChI is InChI=1S/C20H27N7O14P2/c1-7-4-26(20(31)25-17(7)29)12-3-9(28)15(40-12)14(41-43(35,36)37)8-2-11(39-10(8)5-38-42(32,33)34)27-6-22-13-16(27)23-19(21)24-18(13)30/h4,6,8-12,14-15,28H,2-3,5H2,1H3,(H,25,29,31)(H2,32,33,34)(H2,35,36,37)(H3,21,23,24,30). The molecule has 9 N–H and O–H groups in total. The number of aryl methyl sites for hydroxylation is 1. The van der Waals surface area contributed by atoms with Gasteiger partial charge in [0.1, 0.15) is 24.7 Å². The van der Waals surface area contributed by atoms with Gasteiger partial charge in [-0.05, 0) is 6.92 Å². The molecule has 3 aromatic rings. The van der Waals surface area contributed by atoms with Crippen LogP contribution in [0, 0.1) is 12.8 Å². The normalized spacial score (nSPS) is 27.2. The number of nitrogen functional groups attached to an aromatic ring is 1. The van der Waals surface area contributed by atoms with Crippen LogP contribution in [-0.2, 0) is 27.7 Å². The molecule has 0 bridgehead atoms. The van der Waals surface area contributed by atoms with Crippen LogP contribution >= 0.6 is 15.6 Å². The van der Waals surface area contributed by atoms with Crippen LogP contribution in [0.5, 0.6) is 0 Å². The number of hydrogen-bond donors (Lipinski definition) is 8. The average molecular weight is 651 g/mol. The molecule has 0 spiro atoms. The topological polar surface area (TPSA) is 317 Å². The maximum absolute atomic E-state index is 12.4. The molecule has 0 radical (unpaired) electrons. The molecule has 7 unspecified atom stereocenters. The molecule has 0 amide bonds. The summed E-state index contributed by atoms with van der Waals surface area (Å²) in [5.41, 5.74) is 3.47. The van der Waals surface area contributed by atoms with E-state index in [1.807, 2.05) is 0 Å². The highest BCUT2D eigenvalue weighted by Gasteiger charge is 2.52. The van der Waals surface area contributed by atoms with Crippen LogP contribution in [0.25, 0.3) is 11.2 Å². The van der Waals surface area contributed by atoms with E-state index in [9.17, 15) is 48.2 Å². The lowest BCUT2D eigenvalue weighted by Gasteiger charge is -2.32. The first-order valence-electron chi connectivity index (χ1n) is 12.5. The SMILES string of the molecule is Cc1cn(C2CC(O)C(C(OP(=O)(O)O)C3CC(n4cnc5c(=O)[nH]c(N)nc54)OC3COP(=O)(O)O)O2)c(=O)[nH]c1=O. The fourth-order valence-electron chi connectivity index (χ4n) is 5.24. The van der Waals surface area contributed by atoms with Crippen molar-refractivity contribution in [3.63, 3.8) is 0 Å². The number of anilines is 1. The van der Waals surface area contributed by atoms with Crippen LogP contribution in [0.4, 0.5) is 5.95 Å². The van der Waals surface area contributed by atoms with Crippen molar-refractivity contribution >= 4 is 32.8 Å².